The van der Waals surface area contributed by atoms with Gasteiger partial charge in [-0.1, -0.05) is 12.1 Å². The number of rotatable bonds is 8. The van der Waals surface area contributed by atoms with E-state index in [9.17, 15) is 0 Å². The monoisotopic (exact) mass is 355 g/mol. The van der Waals surface area contributed by atoms with Crippen molar-refractivity contribution in [3.8, 4) is 5.75 Å². The van der Waals surface area contributed by atoms with Gasteiger partial charge in [0.1, 0.15) is 11.6 Å². The highest BCUT2D eigenvalue weighted by atomic mass is 16.5. The Kier molecular flexibility index (Phi) is 7.74. The summed E-state index contributed by atoms with van der Waals surface area (Å²) in [4.78, 5) is 11.0. The molecule has 0 aliphatic rings. The third-order valence-electron chi connectivity index (χ3n) is 3.90. The van der Waals surface area contributed by atoms with Gasteiger partial charge in [-0.2, -0.15) is 0 Å². The Morgan fingerprint density at radius 2 is 1.88 bits per heavy atom. The Bertz CT molecular complexity index is 698. The third-order valence-corrected chi connectivity index (χ3v) is 3.90. The highest BCUT2D eigenvalue weighted by molar-refractivity contribution is 5.79. The fraction of sp³-hybridized carbons (Fsp3) is 0.400. The Balaban J connectivity index is 1.90. The number of nitrogens with one attached hydrogen (secondary N) is 2. The number of benzene rings is 1. The topological polar surface area (TPSA) is 61.8 Å². The van der Waals surface area contributed by atoms with Crippen molar-refractivity contribution in [2.45, 2.75) is 19.9 Å². The zero-order valence-corrected chi connectivity index (χ0v) is 16.1. The molecule has 140 valence electrons. The second kappa shape index (κ2) is 10.3. The standard InChI is InChI=1S/C20H29N5O/c1-5-21-20(23-13-10-16-6-8-18(26-4)9-7-16)24-15-17-11-12-22-19(14-17)25(2)3/h6-9,11-12,14H,5,10,13,15H2,1-4H3,(H2,21,23,24). The Labute approximate surface area is 156 Å². The lowest BCUT2D eigenvalue weighted by molar-refractivity contribution is 0.414. The summed E-state index contributed by atoms with van der Waals surface area (Å²) in [5.74, 6) is 2.64. The first kappa shape index (κ1) is 19.6. The van der Waals surface area contributed by atoms with Crippen LogP contribution in [0, 0.1) is 0 Å². The number of nitrogens with zero attached hydrogens (tertiary/aromatic N) is 3. The van der Waals surface area contributed by atoms with Crippen molar-refractivity contribution in [1.29, 1.82) is 0 Å². The highest BCUT2D eigenvalue weighted by Crippen LogP contribution is 2.12. The molecule has 26 heavy (non-hydrogen) atoms. The summed E-state index contributed by atoms with van der Waals surface area (Å²) in [5.41, 5.74) is 2.40. The molecule has 2 aromatic rings. The number of methoxy groups -OCH3 is 1. The summed E-state index contributed by atoms with van der Waals surface area (Å²) in [7, 11) is 5.65. The van der Waals surface area contributed by atoms with E-state index in [0.29, 0.717) is 6.54 Å². The lowest BCUT2D eigenvalue weighted by Crippen LogP contribution is -2.38. The van der Waals surface area contributed by atoms with Crippen LogP contribution in [0.4, 0.5) is 5.82 Å². The van der Waals surface area contributed by atoms with Gasteiger partial charge in [0.05, 0.1) is 13.7 Å². The number of anilines is 1. The molecule has 0 saturated carbocycles. The SMILES string of the molecule is CCNC(=NCc1ccnc(N(C)C)c1)NCCc1ccc(OC)cc1. The largest absolute Gasteiger partial charge is 0.497 e. The van der Waals surface area contributed by atoms with Crippen LogP contribution in [-0.4, -0.2) is 45.2 Å². The van der Waals surface area contributed by atoms with Crippen LogP contribution in [-0.2, 0) is 13.0 Å². The maximum atomic E-state index is 5.19. The molecule has 0 bridgehead atoms. The minimum absolute atomic E-state index is 0.612. The maximum Gasteiger partial charge on any atom is 0.191 e. The minimum atomic E-state index is 0.612. The van der Waals surface area contributed by atoms with Gasteiger partial charge in [0.15, 0.2) is 5.96 Å². The van der Waals surface area contributed by atoms with E-state index in [1.807, 2.05) is 43.4 Å². The van der Waals surface area contributed by atoms with Crippen LogP contribution in [0.5, 0.6) is 5.75 Å². The molecule has 6 nitrogen and oxygen atoms in total. The molecule has 0 aliphatic heterocycles. The smallest absolute Gasteiger partial charge is 0.191 e. The molecular formula is C20H29N5O. The second-order valence-electron chi connectivity index (χ2n) is 6.14. The third kappa shape index (κ3) is 6.27. The zero-order chi connectivity index (χ0) is 18.8. The Morgan fingerprint density at radius 1 is 1.12 bits per heavy atom. The van der Waals surface area contributed by atoms with E-state index < -0.39 is 0 Å². The summed E-state index contributed by atoms with van der Waals surface area (Å²) >= 11 is 0. The number of hydrogen-bond acceptors (Lipinski definition) is 4. The molecule has 2 N–H and O–H groups in total. The van der Waals surface area contributed by atoms with E-state index >= 15 is 0 Å². The van der Waals surface area contributed by atoms with Gasteiger partial charge in [0, 0.05) is 33.4 Å². The van der Waals surface area contributed by atoms with Crippen molar-refractivity contribution >= 4 is 11.8 Å². The molecule has 2 rings (SSSR count). The van der Waals surface area contributed by atoms with Gasteiger partial charge < -0.3 is 20.3 Å². The van der Waals surface area contributed by atoms with Gasteiger partial charge in [-0.15, -0.1) is 0 Å². The maximum absolute atomic E-state index is 5.19. The van der Waals surface area contributed by atoms with Gasteiger partial charge in [-0.3, -0.25) is 0 Å². The van der Waals surface area contributed by atoms with Crippen molar-refractivity contribution < 1.29 is 4.74 Å². The summed E-state index contributed by atoms with van der Waals surface area (Å²) in [5, 5.41) is 6.67. The molecule has 0 fully saturated rings. The molecule has 0 spiro atoms. The van der Waals surface area contributed by atoms with E-state index in [4.69, 9.17) is 4.74 Å². The summed E-state index contributed by atoms with van der Waals surface area (Å²) in [6.07, 6.45) is 2.75. The minimum Gasteiger partial charge on any atom is -0.497 e. The normalized spacial score (nSPS) is 11.2. The quantitative estimate of drug-likeness (QED) is 0.563. The molecule has 0 saturated heterocycles. The molecule has 1 heterocycles. The number of guanidine groups is 1. The molecule has 0 atom stereocenters. The zero-order valence-electron chi connectivity index (χ0n) is 16.1. The van der Waals surface area contributed by atoms with Gasteiger partial charge >= 0.3 is 0 Å². The van der Waals surface area contributed by atoms with Crippen molar-refractivity contribution in [3.63, 3.8) is 0 Å². The Hall–Kier alpha value is -2.76. The number of hydrogen-bond donors (Lipinski definition) is 2. The van der Waals surface area contributed by atoms with Gasteiger partial charge in [0.2, 0.25) is 0 Å². The van der Waals surface area contributed by atoms with Gasteiger partial charge in [-0.05, 0) is 48.7 Å². The molecule has 0 amide bonds. The van der Waals surface area contributed by atoms with E-state index in [1.165, 1.54) is 5.56 Å². The van der Waals surface area contributed by atoms with Crippen molar-refractivity contribution in [3.05, 3.63) is 53.7 Å². The molecule has 0 unspecified atom stereocenters. The van der Waals surface area contributed by atoms with E-state index in [2.05, 4.69) is 45.7 Å². The highest BCUT2D eigenvalue weighted by Gasteiger charge is 2.01. The molecule has 6 heteroatoms. The number of aromatic nitrogens is 1. The lowest BCUT2D eigenvalue weighted by Gasteiger charge is -2.13. The van der Waals surface area contributed by atoms with Crippen LogP contribution >= 0.6 is 0 Å². The van der Waals surface area contributed by atoms with Crippen LogP contribution in [0.25, 0.3) is 0 Å². The van der Waals surface area contributed by atoms with Crippen LogP contribution in [0.2, 0.25) is 0 Å². The van der Waals surface area contributed by atoms with Crippen LogP contribution < -0.4 is 20.3 Å². The van der Waals surface area contributed by atoms with E-state index in [0.717, 1.165) is 42.6 Å². The summed E-state index contributed by atoms with van der Waals surface area (Å²) in [6.45, 7) is 4.32. The molecule has 0 aliphatic carbocycles. The average molecular weight is 355 g/mol. The fourth-order valence-electron chi connectivity index (χ4n) is 2.43. The van der Waals surface area contributed by atoms with Crippen LogP contribution in [0.3, 0.4) is 0 Å². The first-order valence-electron chi connectivity index (χ1n) is 8.89. The molecule has 1 aromatic heterocycles. The summed E-state index contributed by atoms with van der Waals surface area (Å²) < 4.78 is 5.19. The average Bonchev–Trinajstić information content (AvgIpc) is 2.67. The van der Waals surface area contributed by atoms with E-state index in [1.54, 1.807) is 7.11 Å². The van der Waals surface area contributed by atoms with Crippen molar-refractivity contribution in [1.82, 2.24) is 15.6 Å². The first-order valence-corrected chi connectivity index (χ1v) is 8.89. The van der Waals surface area contributed by atoms with Gasteiger partial charge in [-0.25, -0.2) is 9.98 Å². The second-order valence-corrected chi connectivity index (χ2v) is 6.14. The number of pyridine rings is 1. The van der Waals surface area contributed by atoms with Crippen molar-refractivity contribution in [2.24, 2.45) is 4.99 Å². The summed E-state index contributed by atoms with van der Waals surface area (Å²) in [6, 6.07) is 12.2. The molecule has 1 aromatic carbocycles. The first-order chi connectivity index (χ1) is 12.6. The predicted octanol–water partition coefficient (Wildman–Crippen LogP) is 2.45. The fourth-order valence-corrected chi connectivity index (χ4v) is 2.43. The van der Waals surface area contributed by atoms with Crippen LogP contribution in [0.1, 0.15) is 18.1 Å². The van der Waals surface area contributed by atoms with Crippen molar-refractivity contribution in [2.75, 3.05) is 39.2 Å². The lowest BCUT2D eigenvalue weighted by atomic mass is 10.1. The van der Waals surface area contributed by atoms with E-state index in [-0.39, 0.29) is 0 Å². The predicted molar refractivity (Wildman–Crippen MR) is 108 cm³/mol. The van der Waals surface area contributed by atoms with Crippen LogP contribution in [0.15, 0.2) is 47.6 Å². The number of aliphatic imine (C=N–C) groups is 1. The molecular weight excluding hydrogens is 326 g/mol. The number of ether oxygens (including phenoxy) is 1. The Morgan fingerprint density at radius 3 is 2.54 bits per heavy atom. The molecule has 0 radical (unpaired) electrons. The van der Waals surface area contributed by atoms with Gasteiger partial charge in [0.25, 0.3) is 0 Å².